The Balaban J connectivity index is 2.18. The Hall–Kier alpha value is -2.05. The number of hydrogen-bond donors (Lipinski definition) is 2. The second-order valence-electron chi connectivity index (χ2n) is 5.98. The van der Waals surface area contributed by atoms with Crippen LogP contribution in [0.3, 0.4) is 0 Å². The van der Waals surface area contributed by atoms with Gasteiger partial charge in [-0.25, -0.2) is 4.98 Å². The molecule has 138 valence electrons. The number of anilines is 2. The number of benzene rings is 1. The van der Waals surface area contributed by atoms with E-state index in [-0.39, 0.29) is 0 Å². The molecule has 3 rings (SSSR count). The summed E-state index contributed by atoms with van der Waals surface area (Å²) in [7, 11) is 3.47. The second-order valence-corrected chi connectivity index (χ2v) is 7.24. The van der Waals surface area contributed by atoms with Crippen molar-refractivity contribution in [3.8, 4) is 16.9 Å². The summed E-state index contributed by atoms with van der Waals surface area (Å²) >= 11 is 8.11. The van der Waals surface area contributed by atoms with E-state index in [1.807, 2.05) is 25.2 Å². The molecule has 0 fully saturated rings. The summed E-state index contributed by atoms with van der Waals surface area (Å²) in [5.41, 5.74) is 1.99. The molecular weight excluding hydrogens is 368 g/mol. The summed E-state index contributed by atoms with van der Waals surface area (Å²) in [5, 5.41) is 10.4. The van der Waals surface area contributed by atoms with E-state index >= 15 is 0 Å². The van der Waals surface area contributed by atoms with Gasteiger partial charge in [0.15, 0.2) is 0 Å². The van der Waals surface area contributed by atoms with Crippen LogP contribution in [-0.2, 0) is 0 Å². The Bertz CT molecular complexity index is 908. The maximum atomic E-state index is 6.52. The molecule has 0 radical (unpaired) electrons. The Kier molecular flexibility index (Phi) is 5.84. The number of fused-ring (bicyclic) bond motifs is 1. The first kappa shape index (κ1) is 18.7. The van der Waals surface area contributed by atoms with Gasteiger partial charge >= 0.3 is 0 Å². The summed E-state index contributed by atoms with van der Waals surface area (Å²) in [5.74, 6) is 2.19. The van der Waals surface area contributed by atoms with Crippen LogP contribution in [0.1, 0.15) is 26.7 Å². The molecule has 0 amide bonds. The first-order valence-corrected chi connectivity index (χ1v) is 9.94. The number of thiophene rings is 1. The average Bonchev–Trinajstić information content (AvgIpc) is 3.09. The van der Waals surface area contributed by atoms with E-state index in [0.717, 1.165) is 45.8 Å². The Morgan fingerprint density at radius 1 is 1.19 bits per heavy atom. The molecule has 26 heavy (non-hydrogen) atoms. The average molecular weight is 391 g/mol. The highest BCUT2D eigenvalue weighted by molar-refractivity contribution is 7.17. The van der Waals surface area contributed by atoms with E-state index in [9.17, 15) is 0 Å². The van der Waals surface area contributed by atoms with Crippen LogP contribution < -0.4 is 15.4 Å². The SMILES string of the molecule is CCC(CC)Nc1nc(NC)nc2scc(-c3ccc(OC)cc3Cl)c12. The van der Waals surface area contributed by atoms with Crippen molar-refractivity contribution in [2.75, 3.05) is 24.8 Å². The predicted octanol–water partition coefficient (Wildman–Crippen LogP) is 5.66. The number of rotatable bonds is 7. The van der Waals surface area contributed by atoms with Crippen LogP contribution in [0.15, 0.2) is 23.6 Å². The largest absolute Gasteiger partial charge is 0.497 e. The molecule has 7 heteroatoms. The smallest absolute Gasteiger partial charge is 0.225 e. The zero-order valence-electron chi connectivity index (χ0n) is 15.4. The molecule has 0 bridgehead atoms. The highest BCUT2D eigenvalue weighted by Crippen LogP contribution is 2.41. The Morgan fingerprint density at radius 3 is 2.58 bits per heavy atom. The first-order valence-electron chi connectivity index (χ1n) is 8.68. The van der Waals surface area contributed by atoms with E-state index < -0.39 is 0 Å². The molecule has 2 aromatic heterocycles. The number of ether oxygens (including phenoxy) is 1. The van der Waals surface area contributed by atoms with Gasteiger partial charge in [-0.05, 0) is 31.0 Å². The highest BCUT2D eigenvalue weighted by Gasteiger charge is 2.18. The lowest BCUT2D eigenvalue weighted by Gasteiger charge is -2.17. The van der Waals surface area contributed by atoms with Crippen LogP contribution >= 0.6 is 22.9 Å². The topological polar surface area (TPSA) is 59.1 Å². The van der Waals surface area contributed by atoms with Gasteiger partial charge in [0.2, 0.25) is 5.95 Å². The fraction of sp³-hybridized carbons (Fsp3) is 0.368. The third-order valence-corrected chi connectivity index (χ3v) is 5.63. The van der Waals surface area contributed by atoms with Crippen LogP contribution in [0, 0.1) is 0 Å². The standard InChI is InChI=1S/C19H23ClN4OS/c1-5-11(6-2)22-17-16-14(10-26-18(16)24-19(21-3)23-17)13-8-7-12(25-4)9-15(13)20/h7-11H,5-6H2,1-4H3,(H2,21,22,23,24). The van der Waals surface area contributed by atoms with Gasteiger partial charge in [-0.15, -0.1) is 11.3 Å². The van der Waals surface area contributed by atoms with Gasteiger partial charge in [-0.2, -0.15) is 4.98 Å². The number of methoxy groups -OCH3 is 1. The van der Waals surface area contributed by atoms with Crippen molar-refractivity contribution in [3.63, 3.8) is 0 Å². The molecule has 0 aliphatic carbocycles. The summed E-state index contributed by atoms with van der Waals surface area (Å²) in [4.78, 5) is 10.2. The van der Waals surface area contributed by atoms with Gasteiger partial charge in [0.05, 0.1) is 17.5 Å². The number of nitrogens with one attached hydrogen (secondary N) is 2. The lowest BCUT2D eigenvalue weighted by molar-refractivity contribution is 0.415. The van der Waals surface area contributed by atoms with Gasteiger partial charge in [0, 0.05) is 29.6 Å². The van der Waals surface area contributed by atoms with E-state index in [1.54, 1.807) is 18.4 Å². The van der Waals surface area contributed by atoms with E-state index in [0.29, 0.717) is 17.0 Å². The molecule has 0 unspecified atom stereocenters. The van der Waals surface area contributed by atoms with Gasteiger partial charge in [-0.3, -0.25) is 0 Å². The van der Waals surface area contributed by atoms with Crippen molar-refractivity contribution in [2.45, 2.75) is 32.7 Å². The minimum absolute atomic E-state index is 0.358. The lowest BCUT2D eigenvalue weighted by atomic mass is 10.1. The summed E-state index contributed by atoms with van der Waals surface area (Å²) < 4.78 is 5.26. The minimum Gasteiger partial charge on any atom is -0.497 e. The van der Waals surface area contributed by atoms with Crippen LogP contribution in [0.4, 0.5) is 11.8 Å². The van der Waals surface area contributed by atoms with Crippen LogP contribution in [-0.4, -0.2) is 30.2 Å². The molecule has 0 saturated heterocycles. The molecule has 0 spiro atoms. The number of nitrogens with zero attached hydrogens (tertiary/aromatic N) is 2. The molecule has 2 heterocycles. The van der Waals surface area contributed by atoms with Crippen molar-refractivity contribution < 1.29 is 4.74 Å². The van der Waals surface area contributed by atoms with Crippen molar-refractivity contribution in [1.82, 2.24) is 9.97 Å². The van der Waals surface area contributed by atoms with Gasteiger partial charge < -0.3 is 15.4 Å². The number of aromatic nitrogens is 2. The maximum Gasteiger partial charge on any atom is 0.225 e. The predicted molar refractivity (Wildman–Crippen MR) is 112 cm³/mol. The molecule has 5 nitrogen and oxygen atoms in total. The monoisotopic (exact) mass is 390 g/mol. The zero-order valence-corrected chi connectivity index (χ0v) is 17.0. The lowest BCUT2D eigenvalue weighted by Crippen LogP contribution is -2.18. The van der Waals surface area contributed by atoms with E-state index in [1.165, 1.54) is 0 Å². The minimum atomic E-state index is 0.358. The van der Waals surface area contributed by atoms with E-state index in [4.69, 9.17) is 16.3 Å². The van der Waals surface area contributed by atoms with Crippen molar-refractivity contribution in [1.29, 1.82) is 0 Å². The zero-order chi connectivity index (χ0) is 18.7. The third kappa shape index (κ3) is 3.57. The van der Waals surface area contributed by atoms with Gasteiger partial charge in [-0.1, -0.05) is 25.4 Å². The van der Waals surface area contributed by atoms with Crippen molar-refractivity contribution in [2.24, 2.45) is 0 Å². The quantitative estimate of drug-likeness (QED) is 0.544. The number of halogens is 1. The highest BCUT2D eigenvalue weighted by atomic mass is 35.5. The van der Waals surface area contributed by atoms with Gasteiger partial charge in [0.25, 0.3) is 0 Å². The van der Waals surface area contributed by atoms with E-state index in [2.05, 4.69) is 39.8 Å². The second kappa shape index (κ2) is 8.10. The Labute approximate surface area is 162 Å². The normalized spacial score (nSPS) is 11.2. The first-order chi connectivity index (χ1) is 12.6. The van der Waals surface area contributed by atoms with Gasteiger partial charge in [0.1, 0.15) is 16.4 Å². The number of hydrogen-bond acceptors (Lipinski definition) is 6. The maximum absolute atomic E-state index is 6.52. The van der Waals surface area contributed by atoms with Crippen LogP contribution in [0.2, 0.25) is 5.02 Å². The molecule has 1 aromatic carbocycles. The summed E-state index contributed by atoms with van der Waals surface area (Å²) in [6.07, 6.45) is 2.05. The molecule has 0 saturated carbocycles. The fourth-order valence-corrected chi connectivity index (χ4v) is 4.09. The van der Waals surface area contributed by atoms with Crippen molar-refractivity contribution in [3.05, 3.63) is 28.6 Å². The Morgan fingerprint density at radius 2 is 1.96 bits per heavy atom. The summed E-state index contributed by atoms with van der Waals surface area (Å²) in [6, 6.07) is 6.09. The molecule has 2 N–H and O–H groups in total. The molecule has 0 atom stereocenters. The third-order valence-electron chi connectivity index (χ3n) is 4.45. The van der Waals surface area contributed by atoms with Crippen LogP contribution in [0.5, 0.6) is 5.75 Å². The fourth-order valence-electron chi connectivity index (χ4n) is 2.88. The van der Waals surface area contributed by atoms with Crippen LogP contribution in [0.25, 0.3) is 21.3 Å². The molecule has 0 aliphatic rings. The molecule has 0 aliphatic heterocycles. The molecular formula is C19H23ClN4OS. The van der Waals surface area contributed by atoms with Crippen molar-refractivity contribution >= 4 is 44.9 Å². The summed E-state index contributed by atoms with van der Waals surface area (Å²) in [6.45, 7) is 4.35. The molecule has 3 aromatic rings.